The minimum Gasteiger partial charge on any atom is -0.340 e. The minimum atomic E-state index is 0.0466. The molecule has 0 radical (unpaired) electrons. The largest absolute Gasteiger partial charge is 0.340 e. The molecule has 6 nitrogen and oxygen atoms in total. The lowest BCUT2D eigenvalue weighted by atomic mass is 10.3. The van der Waals surface area contributed by atoms with Gasteiger partial charge in [-0.2, -0.15) is 10.2 Å². The SMILES string of the molecule is CCn1cc(Cl)c(CN(C)C(=O)CCn2cc(I)c(C)n2)n1. The third-order valence-electron chi connectivity index (χ3n) is 3.37. The molecule has 1 amide bonds. The maximum atomic E-state index is 12.2. The lowest BCUT2D eigenvalue weighted by molar-refractivity contribution is -0.130. The van der Waals surface area contributed by atoms with Gasteiger partial charge in [0.25, 0.3) is 0 Å². The molecule has 0 saturated carbocycles. The zero-order valence-electron chi connectivity index (χ0n) is 12.9. The van der Waals surface area contributed by atoms with E-state index in [0.717, 1.165) is 21.5 Å². The van der Waals surface area contributed by atoms with E-state index in [0.29, 0.717) is 24.5 Å². The van der Waals surface area contributed by atoms with E-state index >= 15 is 0 Å². The third-order valence-corrected chi connectivity index (χ3v) is 4.74. The van der Waals surface area contributed by atoms with Crippen molar-refractivity contribution >= 4 is 40.1 Å². The van der Waals surface area contributed by atoms with Crippen LogP contribution in [0.4, 0.5) is 0 Å². The van der Waals surface area contributed by atoms with E-state index < -0.39 is 0 Å². The van der Waals surface area contributed by atoms with Crippen LogP contribution in [-0.4, -0.2) is 37.4 Å². The summed E-state index contributed by atoms with van der Waals surface area (Å²) in [6.45, 7) is 5.70. The number of hydrogen-bond donors (Lipinski definition) is 0. The summed E-state index contributed by atoms with van der Waals surface area (Å²) in [5, 5.41) is 9.31. The topological polar surface area (TPSA) is 56.0 Å². The third kappa shape index (κ3) is 4.22. The molecule has 8 heteroatoms. The molecule has 0 aliphatic heterocycles. The summed E-state index contributed by atoms with van der Waals surface area (Å²) in [6, 6.07) is 0. The van der Waals surface area contributed by atoms with Crippen LogP contribution < -0.4 is 0 Å². The molecule has 0 saturated heterocycles. The van der Waals surface area contributed by atoms with Gasteiger partial charge in [-0.05, 0) is 36.4 Å². The smallest absolute Gasteiger partial charge is 0.224 e. The number of rotatable bonds is 6. The first-order valence-electron chi connectivity index (χ1n) is 7.06. The first-order chi connectivity index (χ1) is 10.4. The van der Waals surface area contributed by atoms with E-state index in [9.17, 15) is 4.79 Å². The van der Waals surface area contributed by atoms with Crippen molar-refractivity contribution < 1.29 is 4.79 Å². The van der Waals surface area contributed by atoms with E-state index in [1.807, 2.05) is 24.7 Å². The van der Waals surface area contributed by atoms with Crippen LogP contribution in [0, 0.1) is 10.5 Å². The van der Waals surface area contributed by atoms with Crippen molar-refractivity contribution in [2.45, 2.75) is 39.9 Å². The van der Waals surface area contributed by atoms with Gasteiger partial charge in [-0.15, -0.1) is 0 Å². The first kappa shape index (κ1) is 17.3. The Labute approximate surface area is 148 Å². The predicted octanol–water partition coefficient (Wildman–Crippen LogP) is 2.71. The van der Waals surface area contributed by atoms with Crippen LogP contribution in [0.25, 0.3) is 0 Å². The molecule has 0 atom stereocenters. The predicted molar refractivity (Wildman–Crippen MR) is 93.7 cm³/mol. The van der Waals surface area contributed by atoms with Crippen LogP contribution in [-0.2, 0) is 24.4 Å². The van der Waals surface area contributed by atoms with E-state index in [1.165, 1.54) is 0 Å². The Morgan fingerprint density at radius 2 is 2.09 bits per heavy atom. The number of amides is 1. The van der Waals surface area contributed by atoms with E-state index in [-0.39, 0.29) is 5.91 Å². The Morgan fingerprint density at radius 3 is 2.64 bits per heavy atom. The molecule has 2 aromatic heterocycles. The molecule has 0 aliphatic rings. The lowest BCUT2D eigenvalue weighted by Gasteiger charge is -2.16. The molecule has 22 heavy (non-hydrogen) atoms. The first-order valence-corrected chi connectivity index (χ1v) is 8.51. The highest BCUT2D eigenvalue weighted by atomic mass is 127. The number of carbonyl (C=O) groups is 1. The van der Waals surface area contributed by atoms with E-state index in [1.54, 1.807) is 22.8 Å². The molecule has 0 N–H and O–H groups in total. The number of halogens is 2. The van der Waals surface area contributed by atoms with Gasteiger partial charge in [0.2, 0.25) is 5.91 Å². The molecule has 0 bridgehead atoms. The van der Waals surface area contributed by atoms with Crippen molar-refractivity contribution in [1.82, 2.24) is 24.5 Å². The molecular formula is C14H19ClIN5O. The van der Waals surface area contributed by atoms with Crippen LogP contribution in [0.15, 0.2) is 12.4 Å². The Kier molecular flexibility index (Phi) is 5.85. The molecule has 0 unspecified atom stereocenters. The molecule has 120 valence electrons. The quantitative estimate of drug-likeness (QED) is 0.656. The Balaban J connectivity index is 1.90. The highest BCUT2D eigenvalue weighted by Crippen LogP contribution is 2.16. The van der Waals surface area contributed by atoms with Crippen molar-refractivity contribution in [2.75, 3.05) is 7.05 Å². The fraction of sp³-hybridized carbons (Fsp3) is 0.500. The van der Waals surface area contributed by atoms with Gasteiger partial charge in [0.15, 0.2) is 0 Å². The van der Waals surface area contributed by atoms with Crippen LogP contribution in [0.1, 0.15) is 24.7 Å². The molecular weight excluding hydrogens is 417 g/mol. The van der Waals surface area contributed by atoms with Crippen molar-refractivity contribution in [2.24, 2.45) is 0 Å². The second-order valence-corrected chi connectivity index (χ2v) is 6.67. The van der Waals surface area contributed by atoms with E-state index in [2.05, 4.69) is 32.8 Å². The fourth-order valence-corrected chi connectivity index (χ4v) is 2.67. The second-order valence-electron chi connectivity index (χ2n) is 5.10. The van der Waals surface area contributed by atoms with Crippen LogP contribution in [0.3, 0.4) is 0 Å². The molecule has 2 aromatic rings. The van der Waals surface area contributed by atoms with Crippen LogP contribution >= 0.6 is 34.2 Å². The highest BCUT2D eigenvalue weighted by molar-refractivity contribution is 14.1. The van der Waals surface area contributed by atoms with Gasteiger partial charge >= 0.3 is 0 Å². The summed E-state index contributed by atoms with van der Waals surface area (Å²) in [6.07, 6.45) is 4.13. The number of carbonyl (C=O) groups excluding carboxylic acids is 1. The fourth-order valence-electron chi connectivity index (χ4n) is 2.03. The van der Waals surface area contributed by atoms with Crippen molar-refractivity contribution in [1.29, 1.82) is 0 Å². The summed E-state index contributed by atoms with van der Waals surface area (Å²) in [5.41, 5.74) is 1.71. The maximum absolute atomic E-state index is 12.2. The molecule has 0 aromatic carbocycles. The summed E-state index contributed by atoms with van der Waals surface area (Å²) >= 11 is 8.37. The van der Waals surface area contributed by atoms with Crippen molar-refractivity contribution in [3.63, 3.8) is 0 Å². The zero-order valence-corrected chi connectivity index (χ0v) is 15.8. The van der Waals surface area contributed by atoms with Gasteiger partial charge in [-0.3, -0.25) is 14.2 Å². The molecule has 2 heterocycles. The van der Waals surface area contributed by atoms with E-state index in [4.69, 9.17) is 11.6 Å². The summed E-state index contributed by atoms with van der Waals surface area (Å²) in [4.78, 5) is 13.9. The molecule has 0 spiro atoms. The van der Waals surface area contributed by atoms with Gasteiger partial charge in [-0.25, -0.2) is 0 Å². The summed E-state index contributed by atoms with van der Waals surface area (Å²) in [5.74, 6) is 0.0466. The van der Waals surface area contributed by atoms with Gasteiger partial charge in [-0.1, -0.05) is 11.6 Å². The van der Waals surface area contributed by atoms with Gasteiger partial charge in [0.1, 0.15) is 5.69 Å². The number of hydrogen-bond acceptors (Lipinski definition) is 3. The number of aromatic nitrogens is 4. The number of aryl methyl sites for hydroxylation is 3. The normalized spacial score (nSPS) is 11.0. The summed E-state index contributed by atoms with van der Waals surface area (Å²) < 4.78 is 4.68. The van der Waals surface area contributed by atoms with Gasteiger partial charge in [0.05, 0.1) is 20.8 Å². The number of nitrogens with zero attached hydrogens (tertiary/aromatic N) is 5. The average molecular weight is 436 g/mol. The molecule has 0 aliphatic carbocycles. The minimum absolute atomic E-state index is 0.0466. The molecule has 2 rings (SSSR count). The van der Waals surface area contributed by atoms with Crippen molar-refractivity contribution in [3.8, 4) is 0 Å². The zero-order chi connectivity index (χ0) is 16.3. The second kappa shape index (κ2) is 7.45. The Morgan fingerprint density at radius 1 is 1.36 bits per heavy atom. The van der Waals surface area contributed by atoms with Gasteiger partial charge in [0, 0.05) is 39.0 Å². The van der Waals surface area contributed by atoms with Crippen LogP contribution in [0.2, 0.25) is 5.02 Å². The highest BCUT2D eigenvalue weighted by Gasteiger charge is 2.14. The maximum Gasteiger partial charge on any atom is 0.224 e. The van der Waals surface area contributed by atoms with Gasteiger partial charge < -0.3 is 4.90 Å². The Hall–Kier alpha value is -1.09. The average Bonchev–Trinajstić information content (AvgIpc) is 2.99. The lowest BCUT2D eigenvalue weighted by Crippen LogP contribution is -2.27. The Bertz CT molecular complexity index is 647. The summed E-state index contributed by atoms with van der Waals surface area (Å²) in [7, 11) is 1.77. The molecule has 0 fully saturated rings. The van der Waals surface area contributed by atoms with Crippen LogP contribution in [0.5, 0.6) is 0 Å². The monoisotopic (exact) mass is 435 g/mol. The standard InChI is InChI=1S/C14H19ClIN5O/c1-4-20-7-11(15)13(18-20)9-19(3)14(22)5-6-21-8-12(16)10(2)17-21/h7-8H,4-6,9H2,1-3H3. The van der Waals surface area contributed by atoms with Crippen molar-refractivity contribution in [3.05, 3.63) is 32.4 Å².